The van der Waals surface area contributed by atoms with Crippen molar-refractivity contribution in [1.29, 1.82) is 0 Å². The van der Waals surface area contributed by atoms with Gasteiger partial charge >= 0.3 is 0 Å². The number of imidazole rings is 1. The number of carbonyl (C=O) groups excluding carboxylic acids is 3. The highest BCUT2D eigenvalue weighted by Crippen LogP contribution is 2.44. The van der Waals surface area contributed by atoms with E-state index in [2.05, 4.69) is 19.8 Å². The molecule has 37 heavy (non-hydrogen) atoms. The highest BCUT2D eigenvalue weighted by Gasteiger charge is 2.48. The SMILES string of the molecule is CN(C)CCn1cnc2cc(NC(=O)CN3C(=O)c4ccccc4N4C(=O)c5ccccc5[C@H]34)ccc21. The van der Waals surface area contributed by atoms with E-state index in [0.717, 1.165) is 24.1 Å². The van der Waals surface area contributed by atoms with Crippen LogP contribution in [0.3, 0.4) is 0 Å². The first-order valence-electron chi connectivity index (χ1n) is 12.1. The van der Waals surface area contributed by atoms with Crippen molar-refractivity contribution in [2.75, 3.05) is 37.4 Å². The molecule has 0 spiro atoms. The molecule has 3 amide bonds. The highest BCUT2D eigenvalue weighted by atomic mass is 16.2. The average molecular weight is 495 g/mol. The van der Waals surface area contributed by atoms with Gasteiger partial charge in [0.25, 0.3) is 11.8 Å². The van der Waals surface area contributed by atoms with Crippen molar-refractivity contribution in [3.8, 4) is 0 Å². The molecular weight excluding hydrogens is 468 g/mol. The Bertz CT molecular complexity index is 1560. The summed E-state index contributed by atoms with van der Waals surface area (Å²) in [6.07, 6.45) is 1.12. The molecular formula is C28H26N6O3. The molecule has 4 aromatic rings. The van der Waals surface area contributed by atoms with Gasteiger partial charge in [0.05, 0.1) is 28.6 Å². The first-order chi connectivity index (χ1) is 17.9. The van der Waals surface area contributed by atoms with Crippen LogP contribution in [0.25, 0.3) is 11.0 Å². The summed E-state index contributed by atoms with van der Waals surface area (Å²) in [6, 6.07) is 19.9. The Morgan fingerprint density at radius 3 is 2.54 bits per heavy atom. The van der Waals surface area contributed by atoms with E-state index in [4.69, 9.17) is 0 Å². The van der Waals surface area contributed by atoms with Crippen molar-refractivity contribution in [3.05, 3.63) is 89.7 Å². The Kier molecular flexibility index (Phi) is 5.49. The Hall–Kier alpha value is -4.50. The van der Waals surface area contributed by atoms with Crippen molar-refractivity contribution in [1.82, 2.24) is 19.4 Å². The molecule has 0 radical (unpaired) electrons. The molecule has 3 heterocycles. The number of para-hydroxylation sites is 1. The highest BCUT2D eigenvalue weighted by molar-refractivity contribution is 6.17. The van der Waals surface area contributed by atoms with Crippen LogP contribution in [-0.2, 0) is 11.3 Å². The second-order valence-electron chi connectivity index (χ2n) is 9.58. The zero-order valence-corrected chi connectivity index (χ0v) is 20.6. The monoisotopic (exact) mass is 494 g/mol. The van der Waals surface area contributed by atoms with Crippen LogP contribution < -0.4 is 10.2 Å². The summed E-state index contributed by atoms with van der Waals surface area (Å²) < 4.78 is 2.08. The third-order valence-corrected chi connectivity index (χ3v) is 6.89. The van der Waals surface area contributed by atoms with E-state index in [1.54, 1.807) is 47.6 Å². The van der Waals surface area contributed by atoms with Gasteiger partial charge < -0.3 is 19.7 Å². The lowest BCUT2D eigenvalue weighted by molar-refractivity contribution is -0.117. The van der Waals surface area contributed by atoms with Gasteiger partial charge in [0.15, 0.2) is 0 Å². The van der Waals surface area contributed by atoms with E-state index in [1.807, 2.05) is 44.4 Å². The summed E-state index contributed by atoms with van der Waals surface area (Å²) in [7, 11) is 4.05. The van der Waals surface area contributed by atoms with Gasteiger partial charge in [0.2, 0.25) is 5.91 Å². The fourth-order valence-electron chi connectivity index (χ4n) is 5.12. The average Bonchev–Trinajstić information content (AvgIpc) is 3.43. The lowest BCUT2D eigenvalue weighted by Crippen LogP contribution is -2.50. The molecule has 1 atom stereocenters. The number of nitrogens with one attached hydrogen (secondary N) is 1. The van der Waals surface area contributed by atoms with Crippen molar-refractivity contribution in [2.45, 2.75) is 12.7 Å². The van der Waals surface area contributed by atoms with Gasteiger partial charge in [-0.15, -0.1) is 0 Å². The number of hydrogen-bond acceptors (Lipinski definition) is 5. The van der Waals surface area contributed by atoms with Gasteiger partial charge in [-0.1, -0.05) is 30.3 Å². The molecule has 6 rings (SSSR count). The number of aromatic nitrogens is 2. The molecule has 3 aromatic carbocycles. The van der Waals surface area contributed by atoms with Crippen LogP contribution in [0.2, 0.25) is 0 Å². The fraction of sp³-hybridized carbons (Fsp3) is 0.214. The Labute approximate surface area is 213 Å². The van der Waals surface area contributed by atoms with Crippen LogP contribution in [-0.4, -0.2) is 64.3 Å². The summed E-state index contributed by atoms with van der Waals surface area (Å²) >= 11 is 0. The van der Waals surface area contributed by atoms with Crippen molar-refractivity contribution >= 4 is 40.1 Å². The molecule has 0 saturated carbocycles. The number of rotatable bonds is 6. The maximum absolute atomic E-state index is 13.5. The number of fused-ring (bicyclic) bond motifs is 6. The topological polar surface area (TPSA) is 90.8 Å². The summed E-state index contributed by atoms with van der Waals surface area (Å²) in [5, 5.41) is 2.91. The predicted octanol–water partition coefficient (Wildman–Crippen LogP) is 3.35. The molecule has 0 saturated heterocycles. The maximum atomic E-state index is 13.5. The molecule has 1 N–H and O–H groups in total. The lowest BCUT2D eigenvalue weighted by atomic mass is 10.0. The van der Waals surface area contributed by atoms with E-state index >= 15 is 0 Å². The van der Waals surface area contributed by atoms with E-state index in [1.165, 1.54) is 4.90 Å². The number of carbonyl (C=O) groups is 3. The Balaban J connectivity index is 1.27. The molecule has 0 unspecified atom stereocenters. The van der Waals surface area contributed by atoms with Crippen LogP contribution in [0.4, 0.5) is 11.4 Å². The van der Waals surface area contributed by atoms with Gasteiger partial charge in [0, 0.05) is 29.9 Å². The number of likely N-dealkylation sites (N-methyl/N-ethyl adjacent to an activating group) is 1. The minimum Gasteiger partial charge on any atom is -0.329 e. The number of benzene rings is 3. The molecule has 0 aliphatic carbocycles. The van der Waals surface area contributed by atoms with Gasteiger partial charge in [-0.3, -0.25) is 19.3 Å². The first kappa shape index (κ1) is 22.9. The van der Waals surface area contributed by atoms with Crippen LogP contribution >= 0.6 is 0 Å². The summed E-state index contributed by atoms with van der Waals surface area (Å²) in [5.41, 5.74) is 4.58. The van der Waals surface area contributed by atoms with Crippen molar-refractivity contribution < 1.29 is 14.4 Å². The first-order valence-corrected chi connectivity index (χ1v) is 12.1. The van der Waals surface area contributed by atoms with Gasteiger partial charge in [-0.05, 0) is 50.5 Å². The number of amides is 3. The number of nitrogens with zero attached hydrogens (tertiary/aromatic N) is 5. The molecule has 9 heteroatoms. The number of anilines is 2. The standard InChI is InChI=1S/C28H26N6O3/c1-31(2)13-14-32-17-29-22-15-18(11-12-24(22)32)30-25(35)16-33-26-19-7-3-4-8-20(19)28(37)34(26)23-10-6-5-9-21(23)27(33)36/h3-12,15,17,26H,13-14,16H2,1-2H3,(H,30,35)/t26-/m1/s1. The van der Waals surface area contributed by atoms with Gasteiger partial charge in [-0.25, -0.2) is 4.98 Å². The molecule has 1 aromatic heterocycles. The minimum atomic E-state index is -0.674. The van der Waals surface area contributed by atoms with Gasteiger partial charge in [0.1, 0.15) is 12.7 Å². The quantitative estimate of drug-likeness (QED) is 0.444. The van der Waals surface area contributed by atoms with E-state index in [0.29, 0.717) is 28.1 Å². The molecule has 186 valence electrons. The zero-order valence-electron chi connectivity index (χ0n) is 20.6. The molecule has 0 fully saturated rings. The largest absolute Gasteiger partial charge is 0.329 e. The molecule has 2 aliphatic heterocycles. The molecule has 2 aliphatic rings. The predicted molar refractivity (Wildman–Crippen MR) is 140 cm³/mol. The summed E-state index contributed by atoms with van der Waals surface area (Å²) in [4.78, 5) is 49.7. The smallest absolute Gasteiger partial charge is 0.260 e. The summed E-state index contributed by atoms with van der Waals surface area (Å²) in [5.74, 6) is -0.816. The maximum Gasteiger partial charge on any atom is 0.260 e. The third kappa shape index (κ3) is 3.84. The Morgan fingerprint density at radius 2 is 1.73 bits per heavy atom. The van der Waals surface area contributed by atoms with Crippen molar-refractivity contribution in [3.63, 3.8) is 0 Å². The van der Waals surface area contributed by atoms with Crippen LogP contribution in [0, 0.1) is 0 Å². The normalized spacial score (nSPS) is 16.2. The molecule has 9 nitrogen and oxygen atoms in total. The summed E-state index contributed by atoms with van der Waals surface area (Å²) in [6.45, 7) is 1.50. The Morgan fingerprint density at radius 1 is 0.973 bits per heavy atom. The zero-order chi connectivity index (χ0) is 25.7. The molecule has 0 bridgehead atoms. The van der Waals surface area contributed by atoms with E-state index < -0.39 is 6.17 Å². The fourth-order valence-corrected chi connectivity index (χ4v) is 5.12. The van der Waals surface area contributed by atoms with Crippen LogP contribution in [0.15, 0.2) is 73.1 Å². The van der Waals surface area contributed by atoms with Crippen molar-refractivity contribution in [2.24, 2.45) is 0 Å². The van der Waals surface area contributed by atoms with E-state index in [-0.39, 0.29) is 24.3 Å². The van der Waals surface area contributed by atoms with Gasteiger partial charge in [-0.2, -0.15) is 0 Å². The number of hydrogen-bond donors (Lipinski definition) is 1. The second-order valence-corrected chi connectivity index (χ2v) is 9.58. The van der Waals surface area contributed by atoms with E-state index in [9.17, 15) is 14.4 Å². The third-order valence-electron chi connectivity index (χ3n) is 6.89. The van der Waals surface area contributed by atoms with Crippen LogP contribution in [0.5, 0.6) is 0 Å². The second kappa shape index (κ2) is 8.86. The minimum absolute atomic E-state index is 0.179. The lowest BCUT2D eigenvalue weighted by Gasteiger charge is -2.40. The van der Waals surface area contributed by atoms with Crippen LogP contribution in [0.1, 0.15) is 32.4 Å².